The highest BCUT2D eigenvalue weighted by atomic mass is 127. The molecule has 27 heavy (non-hydrogen) atoms. The Kier molecular flexibility index (Phi) is 9.14. The van der Waals surface area contributed by atoms with Crippen molar-refractivity contribution in [3.8, 4) is 0 Å². The predicted molar refractivity (Wildman–Crippen MR) is 124 cm³/mol. The zero-order valence-electron chi connectivity index (χ0n) is 16.4. The van der Waals surface area contributed by atoms with E-state index >= 15 is 0 Å². The fraction of sp³-hybridized carbons (Fsp3) is 0.476. The minimum atomic E-state index is 0. The van der Waals surface area contributed by atoms with E-state index in [1.165, 1.54) is 11.1 Å². The van der Waals surface area contributed by atoms with Crippen molar-refractivity contribution in [2.75, 3.05) is 26.7 Å². The molecule has 2 N–H and O–H groups in total. The van der Waals surface area contributed by atoms with Crippen molar-refractivity contribution in [2.24, 2.45) is 4.99 Å². The van der Waals surface area contributed by atoms with Gasteiger partial charge in [0.2, 0.25) is 0 Å². The molecule has 0 saturated heterocycles. The van der Waals surface area contributed by atoms with Crippen LogP contribution in [0.15, 0.2) is 53.8 Å². The normalized spacial score (nSPS) is 15.6. The van der Waals surface area contributed by atoms with Gasteiger partial charge in [-0.2, -0.15) is 0 Å². The monoisotopic (exact) mass is 481 g/mol. The van der Waals surface area contributed by atoms with Gasteiger partial charge >= 0.3 is 0 Å². The van der Waals surface area contributed by atoms with Gasteiger partial charge in [0.1, 0.15) is 0 Å². The quantitative estimate of drug-likeness (QED) is 0.363. The van der Waals surface area contributed by atoms with Crippen LogP contribution in [0.5, 0.6) is 0 Å². The Morgan fingerprint density at radius 2 is 1.85 bits per heavy atom. The van der Waals surface area contributed by atoms with E-state index in [-0.39, 0.29) is 24.0 Å². The first-order valence-electron chi connectivity index (χ1n) is 9.66. The van der Waals surface area contributed by atoms with E-state index in [4.69, 9.17) is 0 Å². The topological polar surface area (TPSA) is 44.6 Å². The fourth-order valence-electron chi connectivity index (χ4n) is 3.62. The van der Waals surface area contributed by atoms with Gasteiger partial charge in [-0.3, -0.25) is 9.89 Å². The Hall–Kier alpha value is -1.54. The van der Waals surface area contributed by atoms with Gasteiger partial charge in [-0.15, -0.1) is 24.0 Å². The Morgan fingerprint density at radius 1 is 1.11 bits per heavy atom. The van der Waals surface area contributed by atoms with Gasteiger partial charge in [-0.1, -0.05) is 31.2 Å². The highest BCUT2D eigenvalue weighted by Crippen LogP contribution is 2.21. The molecule has 1 aliphatic heterocycles. The molecule has 0 spiro atoms. The molecule has 2 heterocycles. The van der Waals surface area contributed by atoms with Crippen LogP contribution in [0.25, 0.3) is 0 Å². The Bertz CT molecular complexity index is 698. The highest BCUT2D eigenvalue weighted by Gasteiger charge is 2.22. The second-order valence-electron chi connectivity index (χ2n) is 6.85. The number of benzene rings is 1. The van der Waals surface area contributed by atoms with Gasteiger partial charge in [0.05, 0.1) is 0 Å². The van der Waals surface area contributed by atoms with Crippen molar-refractivity contribution in [1.29, 1.82) is 0 Å². The molecule has 1 unspecified atom stereocenters. The van der Waals surface area contributed by atoms with Crippen LogP contribution in [-0.2, 0) is 19.5 Å². The molecule has 5 nitrogen and oxygen atoms in total. The maximum atomic E-state index is 4.36. The Labute approximate surface area is 180 Å². The van der Waals surface area contributed by atoms with Crippen LogP contribution in [-0.4, -0.2) is 48.2 Å². The van der Waals surface area contributed by atoms with Gasteiger partial charge < -0.3 is 15.2 Å². The SMILES string of the molecule is CCC(CNC(=NC)NCCn1cccc1)N1CCc2ccccc2C1.I. The number of aromatic nitrogens is 1. The third-order valence-electron chi connectivity index (χ3n) is 5.21. The average Bonchev–Trinajstić information content (AvgIpc) is 3.20. The summed E-state index contributed by atoms with van der Waals surface area (Å²) in [5.41, 5.74) is 2.99. The predicted octanol–water partition coefficient (Wildman–Crippen LogP) is 3.11. The Balaban J connectivity index is 0.00000261. The van der Waals surface area contributed by atoms with Crippen molar-refractivity contribution in [3.05, 3.63) is 59.9 Å². The summed E-state index contributed by atoms with van der Waals surface area (Å²) in [4.78, 5) is 6.96. The molecule has 1 atom stereocenters. The highest BCUT2D eigenvalue weighted by molar-refractivity contribution is 14.0. The summed E-state index contributed by atoms with van der Waals surface area (Å²) in [5, 5.41) is 6.92. The molecule has 3 rings (SSSR count). The van der Waals surface area contributed by atoms with E-state index in [0.29, 0.717) is 6.04 Å². The number of guanidine groups is 1. The molecule has 0 aliphatic carbocycles. The van der Waals surface area contributed by atoms with Gasteiger partial charge in [0.15, 0.2) is 5.96 Å². The van der Waals surface area contributed by atoms with Crippen molar-refractivity contribution in [3.63, 3.8) is 0 Å². The number of hydrogen-bond donors (Lipinski definition) is 2. The van der Waals surface area contributed by atoms with Crippen molar-refractivity contribution < 1.29 is 0 Å². The van der Waals surface area contributed by atoms with E-state index < -0.39 is 0 Å². The molecular formula is C21H32IN5. The molecular weight excluding hydrogens is 449 g/mol. The minimum Gasteiger partial charge on any atom is -0.355 e. The largest absolute Gasteiger partial charge is 0.355 e. The van der Waals surface area contributed by atoms with Gasteiger partial charge in [0, 0.05) is 58.2 Å². The van der Waals surface area contributed by atoms with E-state index in [9.17, 15) is 0 Å². The van der Waals surface area contributed by atoms with Crippen LogP contribution in [0.1, 0.15) is 24.5 Å². The van der Waals surface area contributed by atoms with E-state index in [1.54, 1.807) is 0 Å². The second kappa shape index (κ2) is 11.3. The number of nitrogens with zero attached hydrogens (tertiary/aromatic N) is 3. The molecule has 0 fully saturated rings. The average molecular weight is 481 g/mol. The van der Waals surface area contributed by atoms with Crippen LogP contribution in [0, 0.1) is 0 Å². The minimum absolute atomic E-state index is 0. The van der Waals surface area contributed by atoms with Gasteiger partial charge in [-0.25, -0.2) is 0 Å². The number of nitrogens with one attached hydrogen (secondary N) is 2. The maximum absolute atomic E-state index is 4.36. The number of fused-ring (bicyclic) bond motifs is 1. The summed E-state index contributed by atoms with van der Waals surface area (Å²) >= 11 is 0. The summed E-state index contributed by atoms with van der Waals surface area (Å²) in [7, 11) is 1.84. The summed E-state index contributed by atoms with van der Waals surface area (Å²) in [6, 6.07) is 13.5. The zero-order chi connectivity index (χ0) is 18.2. The Morgan fingerprint density at radius 3 is 2.56 bits per heavy atom. The summed E-state index contributed by atoms with van der Waals surface area (Å²) in [5.74, 6) is 0.882. The van der Waals surface area contributed by atoms with E-state index in [0.717, 1.165) is 51.5 Å². The first kappa shape index (κ1) is 21.8. The molecule has 0 radical (unpaired) electrons. The zero-order valence-corrected chi connectivity index (χ0v) is 18.7. The molecule has 1 aliphatic rings. The third-order valence-corrected chi connectivity index (χ3v) is 5.21. The van der Waals surface area contributed by atoms with Gasteiger partial charge in [0.25, 0.3) is 0 Å². The van der Waals surface area contributed by atoms with E-state index in [1.807, 2.05) is 7.05 Å². The molecule has 0 amide bonds. The number of halogens is 1. The molecule has 2 aromatic rings. The summed E-state index contributed by atoms with van der Waals surface area (Å²) in [6.45, 7) is 7.18. The smallest absolute Gasteiger partial charge is 0.191 e. The van der Waals surface area contributed by atoms with Crippen molar-refractivity contribution in [1.82, 2.24) is 20.1 Å². The first-order chi connectivity index (χ1) is 12.8. The van der Waals surface area contributed by atoms with Crippen LogP contribution in [0.4, 0.5) is 0 Å². The summed E-state index contributed by atoms with van der Waals surface area (Å²) in [6.07, 6.45) is 6.45. The maximum Gasteiger partial charge on any atom is 0.191 e. The van der Waals surface area contributed by atoms with Crippen LogP contribution >= 0.6 is 24.0 Å². The number of hydrogen-bond acceptors (Lipinski definition) is 2. The lowest BCUT2D eigenvalue weighted by atomic mass is 9.98. The molecule has 0 saturated carbocycles. The number of rotatable bonds is 7. The lowest BCUT2D eigenvalue weighted by Gasteiger charge is -2.35. The van der Waals surface area contributed by atoms with Crippen molar-refractivity contribution >= 4 is 29.9 Å². The molecule has 1 aromatic carbocycles. The molecule has 1 aromatic heterocycles. The fourth-order valence-corrected chi connectivity index (χ4v) is 3.62. The second-order valence-corrected chi connectivity index (χ2v) is 6.85. The van der Waals surface area contributed by atoms with Crippen LogP contribution < -0.4 is 10.6 Å². The number of aliphatic imine (C=N–C) groups is 1. The van der Waals surface area contributed by atoms with Crippen molar-refractivity contribution in [2.45, 2.75) is 38.9 Å². The van der Waals surface area contributed by atoms with Crippen LogP contribution in [0.3, 0.4) is 0 Å². The molecule has 148 valence electrons. The van der Waals surface area contributed by atoms with Gasteiger partial charge in [-0.05, 0) is 36.1 Å². The lowest BCUT2D eigenvalue weighted by molar-refractivity contribution is 0.174. The van der Waals surface area contributed by atoms with Crippen LogP contribution in [0.2, 0.25) is 0 Å². The standard InChI is InChI=1S/C21H31N5.HI/c1-3-20(26-14-10-18-8-4-5-9-19(18)17-26)16-24-21(22-2)23-11-15-25-12-6-7-13-25;/h4-9,12-13,20H,3,10-11,14-17H2,1-2H3,(H2,22,23,24);1H. The molecule has 6 heteroatoms. The first-order valence-corrected chi connectivity index (χ1v) is 9.66. The van der Waals surface area contributed by atoms with E-state index in [2.05, 4.69) is 80.8 Å². The lowest BCUT2D eigenvalue weighted by Crippen LogP contribution is -2.48. The third kappa shape index (κ3) is 6.24. The summed E-state index contributed by atoms with van der Waals surface area (Å²) < 4.78 is 2.17. The molecule has 0 bridgehead atoms.